The first-order chi connectivity index (χ1) is 16.7. The number of hydrogen-bond donors (Lipinski definition) is 1. The number of benzene rings is 3. The minimum Gasteiger partial charge on any atom is -0.341 e. The third kappa shape index (κ3) is 3.25. The van der Waals surface area contributed by atoms with E-state index >= 15 is 0 Å². The van der Waals surface area contributed by atoms with E-state index in [0.717, 1.165) is 44.6 Å². The number of pyridine rings is 2. The summed E-state index contributed by atoms with van der Waals surface area (Å²) < 4.78 is 2.09. The van der Waals surface area contributed by atoms with E-state index in [1.165, 1.54) is 5.56 Å². The molecule has 6 rings (SSSR count). The summed E-state index contributed by atoms with van der Waals surface area (Å²) in [6, 6.07) is 31.0. The molecule has 3 aromatic carbocycles. The van der Waals surface area contributed by atoms with Gasteiger partial charge in [-0.1, -0.05) is 48.5 Å². The average molecular weight is 440 g/mol. The molecule has 0 aliphatic rings. The molecule has 0 atom stereocenters. The molecule has 0 amide bonds. The van der Waals surface area contributed by atoms with E-state index in [1.54, 1.807) is 6.20 Å². The molecule has 0 radical (unpaired) electrons. The van der Waals surface area contributed by atoms with Crippen LogP contribution in [0.15, 0.2) is 91.1 Å². The zero-order chi connectivity index (χ0) is 23.1. The largest absolute Gasteiger partial charge is 0.341 e. The molecule has 0 aliphatic heterocycles. The molecule has 0 saturated carbocycles. The first-order valence-electron chi connectivity index (χ1n) is 11.2. The first-order valence-corrected chi connectivity index (χ1v) is 11.2. The van der Waals surface area contributed by atoms with Crippen LogP contribution in [0.4, 0.5) is 11.5 Å². The van der Waals surface area contributed by atoms with Crippen LogP contribution < -0.4 is 5.32 Å². The van der Waals surface area contributed by atoms with Gasteiger partial charge in [0.25, 0.3) is 0 Å². The van der Waals surface area contributed by atoms with Crippen LogP contribution in [0.25, 0.3) is 27.6 Å². The van der Waals surface area contributed by atoms with Crippen LogP contribution in [-0.2, 0) is 6.42 Å². The Morgan fingerprint density at radius 1 is 0.912 bits per heavy atom. The van der Waals surface area contributed by atoms with Gasteiger partial charge in [0, 0.05) is 29.3 Å². The van der Waals surface area contributed by atoms with Crippen molar-refractivity contribution in [3.8, 4) is 6.07 Å². The molecule has 0 unspecified atom stereocenters. The molecule has 5 nitrogen and oxygen atoms in total. The van der Waals surface area contributed by atoms with Crippen molar-refractivity contribution in [2.45, 2.75) is 13.3 Å². The summed E-state index contributed by atoms with van der Waals surface area (Å²) >= 11 is 0. The van der Waals surface area contributed by atoms with E-state index in [9.17, 15) is 5.26 Å². The summed E-state index contributed by atoms with van der Waals surface area (Å²) in [5.41, 5.74) is 8.21. The lowest BCUT2D eigenvalue weighted by Crippen LogP contribution is -2.09. The van der Waals surface area contributed by atoms with E-state index in [-0.39, 0.29) is 0 Å². The molecular weight excluding hydrogens is 418 g/mol. The van der Waals surface area contributed by atoms with Gasteiger partial charge in [0.2, 0.25) is 0 Å². The van der Waals surface area contributed by atoms with Crippen LogP contribution in [0.3, 0.4) is 0 Å². The Labute approximate surface area is 197 Å². The Bertz CT molecular complexity index is 1730. The SMILES string of the molecule is Cc1c(Cc2ccccc2)c(Nc2ccc3ncccc3c2)n2c(nc3ccccc32)c1C#N. The summed E-state index contributed by atoms with van der Waals surface area (Å²) in [5, 5.41) is 14.8. The predicted molar refractivity (Wildman–Crippen MR) is 136 cm³/mol. The van der Waals surface area contributed by atoms with Crippen LogP contribution >= 0.6 is 0 Å². The number of hydrogen-bond acceptors (Lipinski definition) is 4. The lowest BCUT2D eigenvalue weighted by Gasteiger charge is -2.19. The second-order valence-electron chi connectivity index (χ2n) is 8.40. The Hall–Kier alpha value is -4.69. The van der Waals surface area contributed by atoms with Crippen molar-refractivity contribution in [2.75, 3.05) is 5.32 Å². The molecule has 0 bridgehead atoms. The standard InChI is InChI=1S/C29H21N5/c1-19-23(16-20-8-3-2-4-9-20)28(32-22-13-14-25-21(17-22)10-7-15-31-25)34-27-12-6-5-11-26(27)33-29(34)24(19)18-30/h2-15,17,32H,16H2,1H3. The molecule has 3 heterocycles. The zero-order valence-electron chi connectivity index (χ0n) is 18.7. The lowest BCUT2D eigenvalue weighted by molar-refractivity contribution is 1.08. The summed E-state index contributed by atoms with van der Waals surface area (Å²) in [5.74, 6) is 0.923. The topological polar surface area (TPSA) is 66.0 Å². The van der Waals surface area contributed by atoms with Gasteiger partial charge in [0.1, 0.15) is 11.9 Å². The maximum atomic E-state index is 10.1. The van der Waals surface area contributed by atoms with Gasteiger partial charge in [-0.3, -0.25) is 9.38 Å². The molecule has 0 saturated heterocycles. The molecule has 1 N–H and O–H groups in total. The number of nitrogens with zero attached hydrogens (tertiary/aromatic N) is 4. The molecule has 5 heteroatoms. The number of rotatable bonds is 4. The van der Waals surface area contributed by atoms with Crippen LogP contribution in [0.5, 0.6) is 0 Å². The third-order valence-electron chi connectivity index (χ3n) is 6.32. The van der Waals surface area contributed by atoms with Gasteiger partial charge in [-0.2, -0.15) is 5.26 Å². The van der Waals surface area contributed by atoms with E-state index < -0.39 is 0 Å². The van der Waals surface area contributed by atoms with Gasteiger partial charge in [-0.05, 0) is 54.4 Å². The number of imidazole rings is 1. The Balaban J connectivity index is 1.65. The van der Waals surface area contributed by atoms with Crippen molar-refractivity contribution < 1.29 is 0 Å². The van der Waals surface area contributed by atoms with Crippen LogP contribution in [-0.4, -0.2) is 14.4 Å². The van der Waals surface area contributed by atoms with Gasteiger partial charge >= 0.3 is 0 Å². The van der Waals surface area contributed by atoms with E-state index in [4.69, 9.17) is 4.98 Å². The van der Waals surface area contributed by atoms with E-state index in [0.29, 0.717) is 17.6 Å². The second-order valence-corrected chi connectivity index (χ2v) is 8.40. The highest BCUT2D eigenvalue weighted by atomic mass is 15.1. The smallest absolute Gasteiger partial charge is 0.157 e. The van der Waals surface area contributed by atoms with Crippen molar-refractivity contribution in [2.24, 2.45) is 0 Å². The molecule has 0 fully saturated rings. The van der Waals surface area contributed by atoms with Crippen molar-refractivity contribution in [1.82, 2.24) is 14.4 Å². The Morgan fingerprint density at radius 2 is 1.74 bits per heavy atom. The number of fused-ring (bicyclic) bond motifs is 4. The number of para-hydroxylation sites is 2. The molecule has 0 aliphatic carbocycles. The van der Waals surface area contributed by atoms with Crippen molar-refractivity contribution in [3.63, 3.8) is 0 Å². The molecule has 34 heavy (non-hydrogen) atoms. The fourth-order valence-corrected chi connectivity index (χ4v) is 4.62. The minimum atomic E-state index is 0.607. The normalized spacial score (nSPS) is 11.2. The van der Waals surface area contributed by atoms with Gasteiger partial charge in [0.05, 0.1) is 22.1 Å². The fraction of sp³-hybridized carbons (Fsp3) is 0.0690. The number of aromatic nitrogens is 3. The fourth-order valence-electron chi connectivity index (χ4n) is 4.62. The van der Waals surface area contributed by atoms with E-state index in [2.05, 4.69) is 45.0 Å². The summed E-state index contributed by atoms with van der Waals surface area (Å²) in [6.07, 6.45) is 2.50. The average Bonchev–Trinajstić information content (AvgIpc) is 3.26. The molecule has 6 aromatic rings. The number of anilines is 2. The second kappa shape index (κ2) is 8.02. The predicted octanol–water partition coefficient (Wildman–Crippen LogP) is 6.55. The lowest BCUT2D eigenvalue weighted by atomic mass is 9.97. The van der Waals surface area contributed by atoms with Gasteiger partial charge < -0.3 is 5.32 Å². The monoisotopic (exact) mass is 439 g/mol. The van der Waals surface area contributed by atoms with Gasteiger partial charge in [-0.15, -0.1) is 0 Å². The molecule has 3 aromatic heterocycles. The maximum Gasteiger partial charge on any atom is 0.157 e. The summed E-state index contributed by atoms with van der Waals surface area (Å²) in [7, 11) is 0. The van der Waals surface area contributed by atoms with Crippen LogP contribution in [0, 0.1) is 18.3 Å². The molecular formula is C29H21N5. The summed E-state index contributed by atoms with van der Waals surface area (Å²) in [6.45, 7) is 2.02. The Morgan fingerprint density at radius 3 is 2.59 bits per heavy atom. The highest BCUT2D eigenvalue weighted by molar-refractivity contribution is 5.88. The molecule has 0 spiro atoms. The van der Waals surface area contributed by atoms with Gasteiger partial charge in [-0.25, -0.2) is 4.98 Å². The van der Waals surface area contributed by atoms with Crippen molar-refractivity contribution >= 4 is 39.1 Å². The first kappa shape index (κ1) is 20.0. The maximum absolute atomic E-state index is 10.1. The quantitative estimate of drug-likeness (QED) is 0.338. The van der Waals surface area contributed by atoms with Crippen molar-refractivity contribution in [1.29, 1.82) is 5.26 Å². The van der Waals surface area contributed by atoms with Crippen molar-refractivity contribution in [3.05, 3.63) is 113 Å². The summed E-state index contributed by atoms with van der Waals surface area (Å²) in [4.78, 5) is 9.28. The van der Waals surface area contributed by atoms with Crippen LogP contribution in [0.1, 0.15) is 22.3 Å². The van der Waals surface area contributed by atoms with Crippen LogP contribution in [0.2, 0.25) is 0 Å². The van der Waals surface area contributed by atoms with E-state index in [1.807, 2.05) is 67.6 Å². The molecule has 162 valence electrons. The number of nitrogens with one attached hydrogen (secondary N) is 1. The number of nitriles is 1. The van der Waals surface area contributed by atoms with Gasteiger partial charge in [0.15, 0.2) is 5.65 Å². The highest BCUT2D eigenvalue weighted by Gasteiger charge is 2.21. The zero-order valence-corrected chi connectivity index (χ0v) is 18.7. The highest BCUT2D eigenvalue weighted by Crippen LogP contribution is 2.34. The third-order valence-corrected chi connectivity index (χ3v) is 6.32. The minimum absolute atomic E-state index is 0.607. The Kier molecular flexibility index (Phi) is 4.71.